The zero-order valence-corrected chi connectivity index (χ0v) is 16.6. The van der Waals surface area contributed by atoms with Crippen molar-refractivity contribution in [1.82, 2.24) is 25.3 Å². The minimum Gasteiger partial charge on any atom is -0.444 e. The summed E-state index contributed by atoms with van der Waals surface area (Å²) in [5, 5.41) is 10.3. The summed E-state index contributed by atoms with van der Waals surface area (Å²) in [6.45, 7) is 11.3. The Kier molecular flexibility index (Phi) is 6.88. The first-order valence-electron chi connectivity index (χ1n) is 9.27. The van der Waals surface area contributed by atoms with E-state index in [-0.39, 0.29) is 0 Å². The summed E-state index contributed by atoms with van der Waals surface area (Å²) in [7, 11) is 1.94. The molecular formula is C18H32N6O2. The fraction of sp³-hybridized carbons (Fsp3) is 0.722. The Morgan fingerprint density at radius 2 is 2.19 bits per heavy atom. The summed E-state index contributed by atoms with van der Waals surface area (Å²) in [5.41, 5.74) is 0.788. The number of aryl methyl sites for hydroxylation is 1. The molecular weight excluding hydrogens is 332 g/mol. The van der Waals surface area contributed by atoms with Gasteiger partial charge in [-0.3, -0.25) is 9.67 Å². The summed E-state index contributed by atoms with van der Waals surface area (Å²) >= 11 is 0. The number of aromatic nitrogens is 2. The zero-order valence-electron chi connectivity index (χ0n) is 16.6. The summed E-state index contributed by atoms with van der Waals surface area (Å²) < 4.78 is 7.07. The lowest BCUT2D eigenvalue weighted by atomic mass is 10.0. The van der Waals surface area contributed by atoms with Gasteiger partial charge in [0.2, 0.25) is 0 Å². The van der Waals surface area contributed by atoms with Gasteiger partial charge in [-0.15, -0.1) is 0 Å². The third-order valence-electron chi connectivity index (χ3n) is 4.06. The molecule has 26 heavy (non-hydrogen) atoms. The molecule has 1 amide bonds. The van der Waals surface area contributed by atoms with Crippen molar-refractivity contribution in [1.29, 1.82) is 0 Å². The van der Waals surface area contributed by atoms with Crippen molar-refractivity contribution < 1.29 is 9.53 Å². The van der Waals surface area contributed by atoms with Gasteiger partial charge in [0.25, 0.3) is 0 Å². The van der Waals surface area contributed by atoms with Gasteiger partial charge in [0.15, 0.2) is 5.96 Å². The van der Waals surface area contributed by atoms with Crippen LogP contribution in [0.3, 0.4) is 0 Å². The highest BCUT2D eigenvalue weighted by molar-refractivity contribution is 5.80. The smallest absolute Gasteiger partial charge is 0.407 e. The van der Waals surface area contributed by atoms with E-state index in [0.29, 0.717) is 19.0 Å². The SMILES string of the molecule is CCNC(=NCCNC(=O)OC(C)(C)C)N1CCC(c2cnn(C)c2)C1. The van der Waals surface area contributed by atoms with Crippen molar-refractivity contribution in [3.05, 3.63) is 18.0 Å². The van der Waals surface area contributed by atoms with Crippen LogP contribution < -0.4 is 10.6 Å². The molecule has 1 saturated heterocycles. The van der Waals surface area contributed by atoms with Crippen molar-refractivity contribution in [3.63, 3.8) is 0 Å². The molecule has 1 fully saturated rings. The summed E-state index contributed by atoms with van der Waals surface area (Å²) in [4.78, 5) is 18.6. The monoisotopic (exact) mass is 364 g/mol. The minimum atomic E-state index is -0.487. The number of nitrogens with one attached hydrogen (secondary N) is 2. The number of hydrogen-bond acceptors (Lipinski definition) is 4. The molecule has 8 heteroatoms. The van der Waals surface area contributed by atoms with Crippen molar-refractivity contribution in [2.75, 3.05) is 32.7 Å². The average Bonchev–Trinajstić information content (AvgIpc) is 3.17. The Morgan fingerprint density at radius 3 is 2.81 bits per heavy atom. The topological polar surface area (TPSA) is 83.8 Å². The highest BCUT2D eigenvalue weighted by Crippen LogP contribution is 2.26. The molecule has 2 heterocycles. The highest BCUT2D eigenvalue weighted by atomic mass is 16.6. The van der Waals surface area contributed by atoms with E-state index in [4.69, 9.17) is 4.74 Å². The lowest BCUT2D eigenvalue weighted by Gasteiger charge is -2.22. The summed E-state index contributed by atoms with van der Waals surface area (Å²) in [6.07, 6.45) is 4.72. The summed E-state index contributed by atoms with van der Waals surface area (Å²) in [6, 6.07) is 0. The van der Waals surface area contributed by atoms with E-state index in [0.717, 1.165) is 32.0 Å². The number of amides is 1. The number of carbonyl (C=O) groups excluding carboxylic acids is 1. The van der Waals surface area contributed by atoms with Crippen LogP contribution in [-0.2, 0) is 11.8 Å². The van der Waals surface area contributed by atoms with Gasteiger partial charge in [-0.2, -0.15) is 5.10 Å². The fourth-order valence-corrected chi connectivity index (χ4v) is 2.94. The Bertz CT molecular complexity index is 619. The Labute approximate surface area is 156 Å². The molecule has 1 aliphatic rings. The Morgan fingerprint density at radius 1 is 1.42 bits per heavy atom. The van der Waals surface area contributed by atoms with Crippen LogP contribution in [0.1, 0.15) is 45.6 Å². The van der Waals surface area contributed by atoms with E-state index >= 15 is 0 Å². The molecule has 0 aromatic carbocycles. The number of alkyl carbamates (subject to hydrolysis) is 1. The molecule has 0 bridgehead atoms. The second kappa shape index (κ2) is 8.91. The van der Waals surface area contributed by atoms with E-state index in [1.807, 2.05) is 38.7 Å². The van der Waals surface area contributed by atoms with Gasteiger partial charge in [-0.05, 0) is 39.7 Å². The number of hydrogen-bond donors (Lipinski definition) is 2. The number of nitrogens with zero attached hydrogens (tertiary/aromatic N) is 4. The second-order valence-corrected chi connectivity index (χ2v) is 7.54. The van der Waals surface area contributed by atoms with Crippen LogP contribution in [0.15, 0.2) is 17.4 Å². The molecule has 1 unspecified atom stereocenters. The van der Waals surface area contributed by atoms with Crippen LogP contribution in [0.4, 0.5) is 4.79 Å². The molecule has 1 aliphatic heterocycles. The molecule has 2 N–H and O–H groups in total. The van der Waals surface area contributed by atoms with Gasteiger partial charge < -0.3 is 20.3 Å². The van der Waals surface area contributed by atoms with Crippen LogP contribution in [0.5, 0.6) is 0 Å². The normalized spacial score (nSPS) is 18.1. The first-order chi connectivity index (χ1) is 12.3. The van der Waals surface area contributed by atoms with Crippen LogP contribution in [0.2, 0.25) is 0 Å². The standard InChI is InChI=1S/C18H32N6O2/c1-6-19-16(20-8-9-21-17(25)26-18(2,3)4)24-10-7-14(13-24)15-11-22-23(5)12-15/h11-12,14H,6-10,13H2,1-5H3,(H,19,20)(H,21,25). The van der Waals surface area contributed by atoms with Crippen LogP contribution in [0.25, 0.3) is 0 Å². The molecule has 146 valence electrons. The third kappa shape index (κ3) is 6.24. The van der Waals surface area contributed by atoms with Crippen molar-refractivity contribution in [2.45, 2.75) is 45.6 Å². The van der Waals surface area contributed by atoms with Crippen molar-refractivity contribution >= 4 is 12.1 Å². The molecule has 0 aliphatic carbocycles. The zero-order chi connectivity index (χ0) is 19.2. The lowest BCUT2D eigenvalue weighted by Crippen LogP contribution is -2.40. The molecule has 0 spiro atoms. The van der Waals surface area contributed by atoms with Crippen molar-refractivity contribution in [2.24, 2.45) is 12.0 Å². The van der Waals surface area contributed by atoms with Crippen molar-refractivity contribution in [3.8, 4) is 0 Å². The van der Waals surface area contributed by atoms with Gasteiger partial charge in [-0.1, -0.05) is 0 Å². The first-order valence-corrected chi connectivity index (χ1v) is 9.27. The van der Waals surface area contributed by atoms with Gasteiger partial charge in [-0.25, -0.2) is 4.79 Å². The maximum absolute atomic E-state index is 11.7. The largest absolute Gasteiger partial charge is 0.444 e. The molecule has 1 aromatic heterocycles. The molecule has 1 atom stereocenters. The predicted molar refractivity (Wildman–Crippen MR) is 102 cm³/mol. The van der Waals surface area contributed by atoms with Gasteiger partial charge >= 0.3 is 6.09 Å². The molecule has 2 rings (SSSR count). The molecule has 1 aromatic rings. The van der Waals surface area contributed by atoms with E-state index in [9.17, 15) is 4.79 Å². The number of guanidine groups is 1. The maximum atomic E-state index is 11.7. The van der Waals surface area contributed by atoms with E-state index in [1.165, 1.54) is 5.56 Å². The van der Waals surface area contributed by atoms with Crippen LogP contribution in [0, 0.1) is 0 Å². The number of rotatable bonds is 5. The quantitative estimate of drug-likeness (QED) is 0.472. The average molecular weight is 364 g/mol. The minimum absolute atomic E-state index is 0.407. The molecule has 0 radical (unpaired) electrons. The van der Waals surface area contributed by atoms with E-state index < -0.39 is 11.7 Å². The maximum Gasteiger partial charge on any atom is 0.407 e. The number of likely N-dealkylation sites (tertiary alicyclic amines) is 1. The fourth-order valence-electron chi connectivity index (χ4n) is 2.94. The Balaban J connectivity index is 1.84. The van der Waals surface area contributed by atoms with E-state index in [1.54, 1.807) is 0 Å². The summed E-state index contributed by atoms with van der Waals surface area (Å²) in [5.74, 6) is 1.37. The lowest BCUT2D eigenvalue weighted by molar-refractivity contribution is 0.0529. The molecule has 0 saturated carbocycles. The first kappa shape index (κ1) is 20.1. The second-order valence-electron chi connectivity index (χ2n) is 7.54. The highest BCUT2D eigenvalue weighted by Gasteiger charge is 2.26. The number of ether oxygens (including phenoxy) is 1. The number of carbonyl (C=O) groups is 1. The number of aliphatic imine (C=N–C) groups is 1. The predicted octanol–water partition coefficient (Wildman–Crippen LogP) is 1.70. The van der Waals surface area contributed by atoms with Gasteiger partial charge in [0.1, 0.15) is 5.60 Å². The third-order valence-corrected chi connectivity index (χ3v) is 4.06. The molecule has 8 nitrogen and oxygen atoms in total. The van der Waals surface area contributed by atoms with Gasteiger partial charge in [0, 0.05) is 45.3 Å². The Hall–Kier alpha value is -2.25. The van der Waals surface area contributed by atoms with E-state index in [2.05, 4.69) is 38.7 Å². The van der Waals surface area contributed by atoms with Crippen LogP contribution >= 0.6 is 0 Å². The van der Waals surface area contributed by atoms with Crippen LogP contribution in [-0.4, -0.2) is 65.1 Å². The van der Waals surface area contributed by atoms with Gasteiger partial charge in [0.05, 0.1) is 12.7 Å².